The molecule has 1 heterocycles. The Bertz CT molecular complexity index is 1340. The Morgan fingerprint density at radius 2 is 1.90 bits per heavy atom. The van der Waals surface area contributed by atoms with Gasteiger partial charge in [-0.2, -0.15) is 0 Å². The van der Waals surface area contributed by atoms with Gasteiger partial charge in [0, 0.05) is 16.3 Å². The van der Waals surface area contributed by atoms with Gasteiger partial charge in [-0.15, -0.1) is 0 Å². The van der Waals surface area contributed by atoms with Crippen molar-refractivity contribution in [3.8, 4) is 11.5 Å². The summed E-state index contributed by atoms with van der Waals surface area (Å²) >= 11 is 17.2. The summed E-state index contributed by atoms with van der Waals surface area (Å²) in [5, 5.41) is 6.16. The number of aromatic nitrogens is 1. The minimum Gasteiger partial charge on any atom is -0.436 e. The molecular weight excluding hydrogens is 460 g/mol. The normalized spacial score (nSPS) is 10.8. The number of fused-ring (bicyclic) bond motifs is 1. The molecule has 0 unspecified atom stereocenters. The van der Waals surface area contributed by atoms with Crippen LogP contribution in [0, 0.1) is 12.7 Å². The van der Waals surface area contributed by atoms with Crippen LogP contribution in [0.5, 0.6) is 0 Å². The van der Waals surface area contributed by atoms with Gasteiger partial charge in [0.2, 0.25) is 5.89 Å². The topological polar surface area (TPSA) is 67.2 Å². The number of carbonyl (C=O) groups is 1. The van der Waals surface area contributed by atoms with E-state index in [2.05, 4.69) is 15.6 Å². The maximum Gasteiger partial charge on any atom is 0.258 e. The van der Waals surface area contributed by atoms with E-state index < -0.39 is 11.7 Å². The minimum absolute atomic E-state index is 0.00505. The highest BCUT2D eigenvalue weighted by molar-refractivity contribution is 7.80. The molecular formula is C22H14Cl2FN3O2S. The number of aryl methyl sites for hydroxylation is 1. The van der Waals surface area contributed by atoms with E-state index in [0.29, 0.717) is 27.7 Å². The monoisotopic (exact) mass is 473 g/mol. The van der Waals surface area contributed by atoms with Crippen molar-refractivity contribution in [1.29, 1.82) is 0 Å². The Hall–Kier alpha value is -3.00. The van der Waals surface area contributed by atoms with Gasteiger partial charge in [-0.05, 0) is 73.2 Å². The maximum atomic E-state index is 13.2. The molecule has 1 aromatic heterocycles. The molecule has 4 aromatic rings. The quantitative estimate of drug-likeness (QED) is 0.338. The molecule has 0 radical (unpaired) electrons. The van der Waals surface area contributed by atoms with Gasteiger partial charge in [-0.1, -0.05) is 29.3 Å². The second-order valence-corrected chi connectivity index (χ2v) is 7.95. The average Bonchev–Trinajstić information content (AvgIpc) is 3.12. The molecule has 0 bridgehead atoms. The number of carbonyl (C=O) groups excluding carboxylic acids is 1. The van der Waals surface area contributed by atoms with Crippen LogP contribution in [0.3, 0.4) is 0 Å². The van der Waals surface area contributed by atoms with Crippen molar-refractivity contribution in [3.63, 3.8) is 0 Å². The molecule has 0 aliphatic rings. The van der Waals surface area contributed by atoms with Gasteiger partial charge in [0.1, 0.15) is 11.3 Å². The lowest BCUT2D eigenvalue weighted by molar-refractivity contribution is 0.0978. The van der Waals surface area contributed by atoms with E-state index in [1.165, 1.54) is 6.07 Å². The van der Waals surface area contributed by atoms with E-state index in [4.69, 9.17) is 39.8 Å². The van der Waals surface area contributed by atoms with Crippen LogP contribution in [-0.2, 0) is 0 Å². The molecule has 0 atom stereocenters. The highest BCUT2D eigenvalue weighted by atomic mass is 35.5. The average molecular weight is 474 g/mol. The lowest BCUT2D eigenvalue weighted by Crippen LogP contribution is -2.34. The number of halogens is 3. The van der Waals surface area contributed by atoms with Crippen molar-refractivity contribution in [2.75, 3.05) is 5.32 Å². The molecule has 0 spiro atoms. The second-order valence-electron chi connectivity index (χ2n) is 6.69. The summed E-state index contributed by atoms with van der Waals surface area (Å²) in [5.41, 5.74) is 3.65. The first-order valence-electron chi connectivity index (χ1n) is 9.04. The molecule has 156 valence electrons. The molecule has 0 fully saturated rings. The van der Waals surface area contributed by atoms with Crippen LogP contribution < -0.4 is 10.6 Å². The van der Waals surface area contributed by atoms with E-state index in [1.54, 1.807) is 18.2 Å². The largest absolute Gasteiger partial charge is 0.436 e. The van der Waals surface area contributed by atoms with Gasteiger partial charge >= 0.3 is 0 Å². The first-order chi connectivity index (χ1) is 14.8. The zero-order valence-corrected chi connectivity index (χ0v) is 18.3. The predicted molar refractivity (Wildman–Crippen MR) is 124 cm³/mol. The number of thiocarbonyl (C=S) groups is 1. The van der Waals surface area contributed by atoms with E-state index in [0.717, 1.165) is 23.3 Å². The van der Waals surface area contributed by atoms with Crippen molar-refractivity contribution in [3.05, 3.63) is 81.6 Å². The SMILES string of the molecule is Cc1ccc(-c2nc3cc(Cl)ccc3o2)cc1NC(=S)NC(=O)c1ccc(F)cc1Cl. The summed E-state index contributed by atoms with van der Waals surface area (Å²) in [7, 11) is 0. The van der Waals surface area contributed by atoms with Crippen molar-refractivity contribution in [2.24, 2.45) is 0 Å². The number of amides is 1. The smallest absolute Gasteiger partial charge is 0.258 e. The van der Waals surface area contributed by atoms with Gasteiger partial charge in [0.15, 0.2) is 10.7 Å². The fourth-order valence-electron chi connectivity index (χ4n) is 2.91. The minimum atomic E-state index is -0.549. The molecule has 1 amide bonds. The van der Waals surface area contributed by atoms with Crippen LogP contribution >= 0.6 is 35.4 Å². The lowest BCUT2D eigenvalue weighted by atomic mass is 10.1. The predicted octanol–water partition coefficient (Wildman–Crippen LogP) is 6.38. The van der Waals surface area contributed by atoms with Crippen LogP contribution in [0.15, 0.2) is 59.0 Å². The molecule has 3 aromatic carbocycles. The lowest BCUT2D eigenvalue weighted by Gasteiger charge is -2.13. The Kier molecular flexibility index (Phi) is 5.91. The summed E-state index contributed by atoms with van der Waals surface area (Å²) in [6, 6.07) is 14.3. The van der Waals surface area contributed by atoms with E-state index in [9.17, 15) is 9.18 Å². The summed E-state index contributed by atoms with van der Waals surface area (Å²) in [6.45, 7) is 1.89. The fraction of sp³-hybridized carbons (Fsp3) is 0.0455. The number of rotatable bonds is 3. The molecule has 0 aliphatic carbocycles. The van der Waals surface area contributed by atoms with Crippen molar-refractivity contribution in [1.82, 2.24) is 10.3 Å². The number of oxazole rings is 1. The van der Waals surface area contributed by atoms with E-state index in [-0.39, 0.29) is 15.7 Å². The molecule has 4 rings (SSSR count). The van der Waals surface area contributed by atoms with Crippen LogP contribution in [0.2, 0.25) is 10.0 Å². The Labute approximate surface area is 192 Å². The Balaban J connectivity index is 1.54. The van der Waals surface area contributed by atoms with Crippen molar-refractivity contribution >= 4 is 63.2 Å². The Morgan fingerprint density at radius 1 is 1.10 bits per heavy atom. The van der Waals surface area contributed by atoms with Crippen molar-refractivity contribution in [2.45, 2.75) is 6.92 Å². The van der Waals surface area contributed by atoms with Crippen LogP contribution in [-0.4, -0.2) is 16.0 Å². The summed E-state index contributed by atoms with van der Waals surface area (Å²) in [4.78, 5) is 16.9. The highest BCUT2D eigenvalue weighted by Crippen LogP contribution is 2.29. The standard InChI is InChI=1S/C22H14Cl2FN3O2S/c1-11-2-3-12(21-26-18-9-13(23)4-7-19(18)30-21)8-17(11)27-22(31)28-20(29)15-6-5-14(25)10-16(15)24/h2-10H,1H3,(H2,27,28,29,31). The van der Waals surface area contributed by atoms with Crippen LogP contribution in [0.1, 0.15) is 15.9 Å². The third kappa shape index (κ3) is 4.69. The fourth-order valence-corrected chi connectivity index (χ4v) is 3.53. The summed E-state index contributed by atoms with van der Waals surface area (Å²) < 4.78 is 19.0. The third-order valence-electron chi connectivity index (χ3n) is 4.49. The number of hydrogen-bond acceptors (Lipinski definition) is 4. The zero-order valence-electron chi connectivity index (χ0n) is 16.0. The summed E-state index contributed by atoms with van der Waals surface area (Å²) in [5.74, 6) is -0.656. The molecule has 2 N–H and O–H groups in total. The Morgan fingerprint density at radius 3 is 2.68 bits per heavy atom. The van der Waals surface area contributed by atoms with Gasteiger partial charge in [-0.25, -0.2) is 9.37 Å². The second kappa shape index (κ2) is 8.63. The number of hydrogen-bond donors (Lipinski definition) is 2. The van der Waals surface area contributed by atoms with Gasteiger partial charge in [-0.3, -0.25) is 10.1 Å². The molecule has 5 nitrogen and oxygen atoms in total. The van der Waals surface area contributed by atoms with E-state index >= 15 is 0 Å². The first kappa shape index (κ1) is 21.2. The van der Waals surface area contributed by atoms with Gasteiger partial charge in [0.25, 0.3) is 5.91 Å². The number of benzene rings is 3. The highest BCUT2D eigenvalue weighted by Gasteiger charge is 2.14. The van der Waals surface area contributed by atoms with Crippen LogP contribution in [0.25, 0.3) is 22.6 Å². The molecule has 0 saturated heterocycles. The summed E-state index contributed by atoms with van der Waals surface area (Å²) in [6.07, 6.45) is 0. The number of anilines is 1. The molecule has 31 heavy (non-hydrogen) atoms. The molecule has 0 aliphatic heterocycles. The zero-order chi connectivity index (χ0) is 22.1. The first-order valence-corrected chi connectivity index (χ1v) is 10.2. The van der Waals surface area contributed by atoms with Crippen LogP contribution in [0.4, 0.5) is 10.1 Å². The molecule has 0 saturated carbocycles. The number of nitrogens with one attached hydrogen (secondary N) is 2. The van der Waals surface area contributed by atoms with Crippen molar-refractivity contribution < 1.29 is 13.6 Å². The van der Waals surface area contributed by atoms with Gasteiger partial charge in [0.05, 0.1) is 10.6 Å². The molecule has 9 heteroatoms. The third-order valence-corrected chi connectivity index (χ3v) is 5.24. The van der Waals surface area contributed by atoms with E-state index in [1.807, 2.05) is 25.1 Å². The number of nitrogens with zero attached hydrogens (tertiary/aromatic N) is 1. The maximum absolute atomic E-state index is 13.2. The van der Waals surface area contributed by atoms with Gasteiger partial charge < -0.3 is 9.73 Å².